The molecular formula is C27H36FN7O3. The topological polar surface area (TPSA) is 97.0 Å². The first kappa shape index (κ1) is 25.1. The number of halogens is 1. The second kappa shape index (κ2) is 9.85. The molecule has 4 aliphatic rings. The van der Waals surface area contributed by atoms with Crippen LogP contribution in [0.3, 0.4) is 0 Å². The minimum absolute atomic E-state index is 0.0628. The molecule has 10 nitrogen and oxygen atoms in total. The number of rotatable bonds is 5. The molecule has 6 rings (SSSR count). The SMILES string of the molecule is COCCN1C(=O)C2(CCN(c3nc4c(c(=O)[nH]3)CCCN4C)CC2)c2c(F)cc(N3CCNCC3)cc21. The standard InChI is InChI=1S/C27H36FN7O3/c1-32-9-3-4-19-23(32)30-26(31-24(19)36)34-10-5-27(6-11-34)22-20(28)16-18(33-12-7-29-8-13-33)17-21(22)35(25(27)37)14-15-38-2/h16-17,29H,3-15H2,1-2H3,(H,30,31,36). The van der Waals surface area contributed by atoms with Gasteiger partial charge in [0.1, 0.15) is 11.6 Å². The summed E-state index contributed by atoms with van der Waals surface area (Å²) in [5.74, 6) is 0.871. The Bertz CT molecular complexity index is 1280. The van der Waals surface area contributed by atoms with Crippen molar-refractivity contribution >= 4 is 29.0 Å². The molecule has 1 aromatic carbocycles. The number of fused-ring (bicyclic) bond motifs is 3. The van der Waals surface area contributed by atoms with Gasteiger partial charge in [0.15, 0.2) is 0 Å². The van der Waals surface area contributed by atoms with E-state index in [1.165, 1.54) is 0 Å². The average Bonchev–Trinajstić information content (AvgIpc) is 3.16. The van der Waals surface area contributed by atoms with Crippen molar-refractivity contribution in [1.29, 1.82) is 0 Å². The summed E-state index contributed by atoms with van der Waals surface area (Å²) in [6, 6.07) is 3.58. The molecule has 11 heteroatoms. The highest BCUT2D eigenvalue weighted by Gasteiger charge is 2.54. The minimum Gasteiger partial charge on any atom is -0.383 e. The molecule has 1 spiro atoms. The predicted molar refractivity (Wildman–Crippen MR) is 145 cm³/mol. The number of piperidine rings is 1. The van der Waals surface area contributed by atoms with E-state index in [1.807, 2.05) is 22.9 Å². The molecule has 0 bridgehead atoms. The molecule has 2 fully saturated rings. The van der Waals surface area contributed by atoms with Gasteiger partial charge in [0, 0.05) is 77.8 Å². The fraction of sp³-hybridized carbons (Fsp3) is 0.593. The summed E-state index contributed by atoms with van der Waals surface area (Å²) in [6.45, 7) is 5.89. The number of carbonyl (C=O) groups is 1. The number of aromatic nitrogens is 2. The van der Waals surface area contributed by atoms with Crippen LogP contribution in [-0.4, -0.2) is 89.0 Å². The van der Waals surface area contributed by atoms with Crippen molar-refractivity contribution in [2.75, 3.05) is 92.7 Å². The molecule has 204 valence electrons. The number of hydrogen-bond acceptors (Lipinski definition) is 8. The first-order valence-corrected chi connectivity index (χ1v) is 13.6. The van der Waals surface area contributed by atoms with Gasteiger partial charge in [0.25, 0.3) is 5.56 Å². The van der Waals surface area contributed by atoms with Gasteiger partial charge >= 0.3 is 0 Å². The van der Waals surface area contributed by atoms with Crippen LogP contribution < -0.4 is 30.5 Å². The monoisotopic (exact) mass is 525 g/mol. The maximum atomic E-state index is 16.0. The normalized spacial score (nSPS) is 20.8. The quantitative estimate of drug-likeness (QED) is 0.602. The van der Waals surface area contributed by atoms with E-state index >= 15 is 4.39 Å². The van der Waals surface area contributed by atoms with Crippen LogP contribution in [0.15, 0.2) is 16.9 Å². The van der Waals surface area contributed by atoms with Crippen molar-refractivity contribution in [2.45, 2.75) is 31.1 Å². The molecule has 0 unspecified atom stereocenters. The Morgan fingerprint density at radius 1 is 1.08 bits per heavy atom. The summed E-state index contributed by atoms with van der Waals surface area (Å²) in [7, 11) is 3.57. The van der Waals surface area contributed by atoms with Crippen LogP contribution in [0, 0.1) is 5.82 Å². The van der Waals surface area contributed by atoms with Gasteiger partial charge in [-0.15, -0.1) is 0 Å². The van der Waals surface area contributed by atoms with Crippen molar-refractivity contribution in [3.8, 4) is 0 Å². The first-order chi connectivity index (χ1) is 18.4. The number of methoxy groups -OCH3 is 1. The second-order valence-corrected chi connectivity index (χ2v) is 10.8. The molecular weight excluding hydrogens is 489 g/mol. The van der Waals surface area contributed by atoms with Crippen LogP contribution in [0.5, 0.6) is 0 Å². The number of carbonyl (C=O) groups excluding carboxylic acids is 1. The molecule has 1 aromatic heterocycles. The number of nitrogens with one attached hydrogen (secondary N) is 2. The number of hydrogen-bond donors (Lipinski definition) is 2. The van der Waals surface area contributed by atoms with E-state index in [9.17, 15) is 9.59 Å². The number of nitrogens with zero attached hydrogens (tertiary/aromatic N) is 5. The lowest BCUT2D eigenvalue weighted by atomic mass is 9.73. The molecule has 0 radical (unpaired) electrons. The molecule has 0 aliphatic carbocycles. The summed E-state index contributed by atoms with van der Waals surface area (Å²) < 4.78 is 21.3. The highest BCUT2D eigenvalue weighted by Crippen LogP contribution is 2.50. The lowest BCUT2D eigenvalue weighted by Crippen LogP contribution is -2.50. The number of amides is 1. The Labute approximate surface area is 221 Å². The molecule has 2 saturated heterocycles. The van der Waals surface area contributed by atoms with E-state index in [4.69, 9.17) is 9.72 Å². The van der Waals surface area contributed by atoms with Crippen molar-refractivity contribution in [3.63, 3.8) is 0 Å². The van der Waals surface area contributed by atoms with E-state index in [2.05, 4.69) is 15.2 Å². The van der Waals surface area contributed by atoms with Crippen molar-refractivity contribution in [1.82, 2.24) is 15.3 Å². The Kier molecular flexibility index (Phi) is 6.51. The minimum atomic E-state index is -0.934. The van der Waals surface area contributed by atoms with Gasteiger partial charge in [0.2, 0.25) is 11.9 Å². The van der Waals surface area contributed by atoms with Gasteiger partial charge in [0.05, 0.1) is 23.3 Å². The van der Waals surface area contributed by atoms with E-state index in [0.29, 0.717) is 56.3 Å². The summed E-state index contributed by atoms with van der Waals surface area (Å²) in [5, 5.41) is 3.33. The van der Waals surface area contributed by atoms with E-state index in [0.717, 1.165) is 62.6 Å². The van der Waals surface area contributed by atoms with Gasteiger partial charge in [-0.1, -0.05) is 0 Å². The van der Waals surface area contributed by atoms with Gasteiger partial charge in [-0.2, -0.15) is 4.98 Å². The van der Waals surface area contributed by atoms with Gasteiger partial charge in [-0.25, -0.2) is 4.39 Å². The maximum Gasteiger partial charge on any atom is 0.257 e. The number of aromatic amines is 1. The van der Waals surface area contributed by atoms with Crippen LogP contribution >= 0.6 is 0 Å². The molecule has 0 atom stereocenters. The summed E-state index contributed by atoms with van der Waals surface area (Å²) in [4.78, 5) is 42.5. The number of piperazine rings is 1. The largest absolute Gasteiger partial charge is 0.383 e. The van der Waals surface area contributed by atoms with Crippen LogP contribution in [0.1, 0.15) is 30.4 Å². The summed E-state index contributed by atoms with van der Waals surface area (Å²) in [5.41, 5.74) is 1.67. The second-order valence-electron chi connectivity index (χ2n) is 10.8. The number of H-pyrrole nitrogens is 1. The van der Waals surface area contributed by atoms with Crippen molar-refractivity contribution < 1.29 is 13.9 Å². The lowest BCUT2D eigenvalue weighted by Gasteiger charge is -2.39. The summed E-state index contributed by atoms with van der Waals surface area (Å²) in [6.07, 6.45) is 2.55. The molecule has 2 N–H and O–H groups in total. The van der Waals surface area contributed by atoms with Crippen LogP contribution in [0.4, 0.5) is 27.5 Å². The Balaban J connectivity index is 1.32. The third kappa shape index (κ3) is 4.03. The Morgan fingerprint density at radius 2 is 1.84 bits per heavy atom. The zero-order chi connectivity index (χ0) is 26.4. The maximum absolute atomic E-state index is 16.0. The molecule has 5 heterocycles. The van der Waals surface area contributed by atoms with Crippen molar-refractivity contribution in [2.24, 2.45) is 0 Å². The molecule has 38 heavy (non-hydrogen) atoms. The average molecular weight is 526 g/mol. The highest BCUT2D eigenvalue weighted by molar-refractivity contribution is 6.09. The smallest absolute Gasteiger partial charge is 0.257 e. The van der Waals surface area contributed by atoms with Gasteiger partial charge < -0.3 is 29.7 Å². The van der Waals surface area contributed by atoms with Gasteiger partial charge in [-0.05, 0) is 37.8 Å². The molecule has 0 saturated carbocycles. The third-order valence-corrected chi connectivity index (χ3v) is 8.66. The molecule has 2 aromatic rings. The Morgan fingerprint density at radius 3 is 2.58 bits per heavy atom. The molecule has 1 amide bonds. The van der Waals surface area contributed by atoms with E-state index in [-0.39, 0.29) is 17.3 Å². The van der Waals surface area contributed by atoms with Crippen LogP contribution in [0.2, 0.25) is 0 Å². The fourth-order valence-electron chi connectivity index (χ4n) is 6.58. The molecule has 4 aliphatic heterocycles. The third-order valence-electron chi connectivity index (χ3n) is 8.66. The highest BCUT2D eigenvalue weighted by atomic mass is 19.1. The predicted octanol–water partition coefficient (Wildman–Crippen LogP) is 1.23. The first-order valence-electron chi connectivity index (χ1n) is 13.6. The summed E-state index contributed by atoms with van der Waals surface area (Å²) >= 11 is 0. The number of benzene rings is 1. The zero-order valence-corrected chi connectivity index (χ0v) is 22.2. The van der Waals surface area contributed by atoms with E-state index in [1.54, 1.807) is 18.1 Å². The number of anilines is 4. The fourth-order valence-corrected chi connectivity index (χ4v) is 6.58. The van der Waals surface area contributed by atoms with Gasteiger partial charge in [-0.3, -0.25) is 14.6 Å². The zero-order valence-electron chi connectivity index (χ0n) is 22.2. The lowest BCUT2D eigenvalue weighted by molar-refractivity contribution is -0.124. The van der Waals surface area contributed by atoms with Crippen LogP contribution in [0.25, 0.3) is 0 Å². The number of ether oxygens (including phenoxy) is 1. The van der Waals surface area contributed by atoms with Crippen LogP contribution in [-0.2, 0) is 21.4 Å². The van der Waals surface area contributed by atoms with E-state index < -0.39 is 5.41 Å². The van der Waals surface area contributed by atoms with Crippen molar-refractivity contribution in [3.05, 3.63) is 39.4 Å². The Hall–Kier alpha value is -3.18.